The maximum absolute atomic E-state index is 12.8. The van der Waals surface area contributed by atoms with Crippen LogP contribution < -0.4 is 9.04 Å². The summed E-state index contributed by atoms with van der Waals surface area (Å²) >= 11 is 0. The molecule has 26 heavy (non-hydrogen) atoms. The highest BCUT2D eigenvalue weighted by Crippen LogP contribution is 2.30. The molecule has 0 bridgehead atoms. The van der Waals surface area contributed by atoms with Crippen molar-refractivity contribution < 1.29 is 23.1 Å². The lowest BCUT2D eigenvalue weighted by atomic mass is 9.91. The number of aliphatic hydroxyl groups is 1. The molecule has 146 valence electrons. The van der Waals surface area contributed by atoms with Gasteiger partial charge >= 0.3 is 0 Å². The molecule has 0 heterocycles. The Kier molecular flexibility index (Phi) is 6.88. The van der Waals surface area contributed by atoms with Crippen LogP contribution in [0.3, 0.4) is 0 Å². The molecule has 0 aromatic heterocycles. The predicted molar refractivity (Wildman–Crippen MR) is 101 cm³/mol. The van der Waals surface area contributed by atoms with Crippen LogP contribution in [0.2, 0.25) is 0 Å². The van der Waals surface area contributed by atoms with Crippen molar-refractivity contribution in [2.75, 3.05) is 30.8 Å². The van der Waals surface area contributed by atoms with Gasteiger partial charge in [0.1, 0.15) is 12.3 Å². The standard InChI is InChI=1S/C18H28N2O5S/c1-4-25-17-12-8-6-10-15(17)20(26(3,23)24)13-18(22)19(2)14-9-5-7-11-16(14)21/h6,8,10,12,14,16,21H,4-5,7,9,11,13H2,1-3H3. The smallest absolute Gasteiger partial charge is 0.243 e. The molecular formula is C18H28N2O5S. The van der Waals surface area contributed by atoms with Crippen molar-refractivity contribution in [1.82, 2.24) is 4.90 Å². The number of aliphatic hydroxyl groups excluding tert-OH is 1. The number of likely N-dealkylation sites (N-methyl/N-ethyl adjacent to an activating group) is 1. The predicted octanol–water partition coefficient (Wildman–Crippen LogP) is 1.61. The van der Waals surface area contributed by atoms with Crippen molar-refractivity contribution in [2.24, 2.45) is 0 Å². The summed E-state index contributed by atoms with van der Waals surface area (Å²) in [5, 5.41) is 10.2. The average Bonchev–Trinajstić information content (AvgIpc) is 2.59. The fourth-order valence-corrected chi connectivity index (χ4v) is 4.14. The van der Waals surface area contributed by atoms with Gasteiger partial charge in [0.25, 0.3) is 0 Å². The summed E-state index contributed by atoms with van der Waals surface area (Å²) in [6, 6.07) is 6.47. The van der Waals surface area contributed by atoms with Crippen molar-refractivity contribution in [3.63, 3.8) is 0 Å². The first kappa shape index (κ1) is 20.5. The van der Waals surface area contributed by atoms with E-state index in [1.165, 1.54) is 4.90 Å². The normalized spacial score (nSPS) is 20.5. The van der Waals surface area contributed by atoms with Crippen LogP contribution >= 0.6 is 0 Å². The lowest BCUT2D eigenvalue weighted by Crippen LogP contribution is -2.50. The van der Waals surface area contributed by atoms with Crippen LogP contribution in [0.25, 0.3) is 0 Å². The minimum Gasteiger partial charge on any atom is -0.492 e. The van der Waals surface area contributed by atoms with E-state index >= 15 is 0 Å². The summed E-state index contributed by atoms with van der Waals surface area (Å²) in [5.74, 6) is 0.0567. The Morgan fingerprint density at radius 1 is 1.27 bits per heavy atom. The van der Waals surface area contributed by atoms with Gasteiger partial charge in [-0.3, -0.25) is 9.10 Å². The van der Waals surface area contributed by atoms with Crippen LogP contribution in [-0.4, -0.2) is 62.9 Å². The van der Waals surface area contributed by atoms with Crippen molar-refractivity contribution in [1.29, 1.82) is 0 Å². The number of anilines is 1. The Morgan fingerprint density at radius 2 is 1.92 bits per heavy atom. The third kappa shape index (κ3) is 4.88. The van der Waals surface area contributed by atoms with Gasteiger partial charge in [0.15, 0.2) is 0 Å². The van der Waals surface area contributed by atoms with Gasteiger partial charge in [0, 0.05) is 7.05 Å². The van der Waals surface area contributed by atoms with Crippen LogP contribution in [0.5, 0.6) is 5.75 Å². The Labute approximate surface area is 155 Å². The number of nitrogens with zero attached hydrogens (tertiary/aromatic N) is 2. The molecule has 0 aliphatic heterocycles. The minimum atomic E-state index is -3.69. The molecule has 0 spiro atoms. The number of benzene rings is 1. The summed E-state index contributed by atoms with van der Waals surface area (Å²) < 4.78 is 31.3. The minimum absolute atomic E-state index is 0.278. The molecule has 1 N–H and O–H groups in total. The summed E-state index contributed by atoms with van der Waals surface area (Å²) in [5.41, 5.74) is 0.336. The quantitative estimate of drug-likeness (QED) is 0.772. The van der Waals surface area contributed by atoms with E-state index in [9.17, 15) is 18.3 Å². The molecule has 2 rings (SSSR count). The molecule has 0 radical (unpaired) electrons. The molecule has 0 saturated heterocycles. The van der Waals surface area contributed by atoms with Gasteiger partial charge in [-0.25, -0.2) is 8.42 Å². The van der Waals surface area contributed by atoms with Crippen LogP contribution in [0.4, 0.5) is 5.69 Å². The number of hydrogen-bond acceptors (Lipinski definition) is 5. The van der Waals surface area contributed by atoms with E-state index in [1.54, 1.807) is 31.3 Å². The van der Waals surface area contributed by atoms with E-state index in [1.807, 2.05) is 6.92 Å². The molecule has 8 heteroatoms. The van der Waals surface area contributed by atoms with Crippen molar-refractivity contribution >= 4 is 21.6 Å². The van der Waals surface area contributed by atoms with Gasteiger partial charge in [-0.2, -0.15) is 0 Å². The average molecular weight is 384 g/mol. The van der Waals surface area contributed by atoms with Gasteiger partial charge < -0.3 is 14.7 Å². The fourth-order valence-electron chi connectivity index (χ4n) is 3.28. The number of carbonyl (C=O) groups excluding carboxylic acids is 1. The van der Waals surface area contributed by atoms with E-state index in [2.05, 4.69) is 0 Å². The zero-order valence-corrected chi connectivity index (χ0v) is 16.4. The molecule has 2 unspecified atom stereocenters. The van der Waals surface area contributed by atoms with Gasteiger partial charge in [0.2, 0.25) is 15.9 Å². The lowest BCUT2D eigenvalue weighted by Gasteiger charge is -2.36. The summed E-state index contributed by atoms with van der Waals surface area (Å²) in [6.45, 7) is 1.87. The molecule has 1 saturated carbocycles. The highest BCUT2D eigenvalue weighted by molar-refractivity contribution is 7.92. The maximum Gasteiger partial charge on any atom is 0.243 e. The van der Waals surface area contributed by atoms with Crippen LogP contribution in [-0.2, 0) is 14.8 Å². The van der Waals surface area contributed by atoms with Gasteiger partial charge in [-0.15, -0.1) is 0 Å². The monoisotopic (exact) mass is 384 g/mol. The molecule has 2 atom stereocenters. The van der Waals surface area contributed by atoms with E-state index in [0.29, 0.717) is 24.5 Å². The van der Waals surface area contributed by atoms with Crippen molar-refractivity contribution in [3.05, 3.63) is 24.3 Å². The van der Waals surface area contributed by atoms with E-state index < -0.39 is 16.1 Å². The number of sulfonamides is 1. The Bertz CT molecular complexity index is 722. The molecule has 1 aliphatic carbocycles. The van der Waals surface area contributed by atoms with E-state index in [-0.39, 0.29) is 18.5 Å². The number of ether oxygens (including phenoxy) is 1. The number of rotatable bonds is 7. The van der Waals surface area contributed by atoms with Gasteiger partial charge in [0.05, 0.1) is 30.7 Å². The lowest BCUT2D eigenvalue weighted by molar-refractivity contribution is -0.133. The Balaban J connectivity index is 2.25. The Morgan fingerprint density at radius 3 is 2.54 bits per heavy atom. The van der Waals surface area contributed by atoms with E-state index in [4.69, 9.17) is 4.74 Å². The molecule has 1 fully saturated rings. The number of para-hydroxylation sites is 2. The topological polar surface area (TPSA) is 87.2 Å². The SMILES string of the molecule is CCOc1ccccc1N(CC(=O)N(C)C1CCCCC1O)S(C)(=O)=O. The van der Waals surface area contributed by atoms with Crippen molar-refractivity contribution in [2.45, 2.75) is 44.8 Å². The fraction of sp³-hybridized carbons (Fsp3) is 0.611. The third-order valence-corrected chi connectivity index (χ3v) is 5.82. The zero-order chi connectivity index (χ0) is 19.3. The van der Waals surface area contributed by atoms with Gasteiger partial charge in [-0.1, -0.05) is 25.0 Å². The zero-order valence-electron chi connectivity index (χ0n) is 15.6. The maximum atomic E-state index is 12.8. The van der Waals surface area contributed by atoms with Crippen LogP contribution in [0.1, 0.15) is 32.6 Å². The second-order valence-corrected chi connectivity index (χ2v) is 8.50. The first-order chi connectivity index (χ1) is 12.3. The third-order valence-electron chi connectivity index (χ3n) is 4.70. The number of amides is 1. The molecule has 1 amide bonds. The molecule has 1 aromatic carbocycles. The van der Waals surface area contributed by atoms with Crippen LogP contribution in [0, 0.1) is 0 Å². The Hall–Kier alpha value is -1.80. The van der Waals surface area contributed by atoms with Crippen molar-refractivity contribution in [3.8, 4) is 5.75 Å². The first-order valence-corrected chi connectivity index (χ1v) is 10.7. The number of carbonyl (C=O) groups is 1. The molecule has 7 nitrogen and oxygen atoms in total. The van der Waals surface area contributed by atoms with E-state index in [0.717, 1.165) is 29.8 Å². The second kappa shape index (κ2) is 8.73. The summed E-state index contributed by atoms with van der Waals surface area (Å²) in [7, 11) is -2.07. The van der Waals surface area contributed by atoms with Gasteiger partial charge in [-0.05, 0) is 31.9 Å². The largest absolute Gasteiger partial charge is 0.492 e. The summed E-state index contributed by atoms with van der Waals surface area (Å²) in [4.78, 5) is 14.2. The summed E-state index contributed by atoms with van der Waals surface area (Å²) in [6.07, 6.45) is 3.76. The molecular weight excluding hydrogens is 356 g/mol. The highest BCUT2D eigenvalue weighted by atomic mass is 32.2. The second-order valence-electron chi connectivity index (χ2n) is 6.59. The molecule has 1 aliphatic rings. The first-order valence-electron chi connectivity index (χ1n) is 8.89. The highest BCUT2D eigenvalue weighted by Gasteiger charge is 2.32. The number of hydrogen-bond donors (Lipinski definition) is 1. The van der Waals surface area contributed by atoms with Crippen LogP contribution in [0.15, 0.2) is 24.3 Å². The molecule has 1 aromatic rings.